The average molecular weight is 245 g/mol. The van der Waals surface area contributed by atoms with E-state index in [0.29, 0.717) is 16.5 Å². The minimum absolute atomic E-state index is 0.0866. The molecule has 1 aromatic carbocycles. The molecule has 0 aliphatic carbocycles. The molecule has 1 rings (SSSR count). The Morgan fingerprint density at radius 3 is 2.40 bits per heavy atom. The van der Waals surface area contributed by atoms with Crippen LogP contribution < -0.4 is 11.5 Å². The van der Waals surface area contributed by atoms with Crippen molar-refractivity contribution in [2.24, 2.45) is 21.7 Å². The number of nitrogens with zero attached hydrogens (tertiary/aromatic N) is 2. The molecular weight excluding hydrogens is 235 g/mol. The van der Waals surface area contributed by atoms with Crippen LogP contribution in [0.5, 0.6) is 0 Å². The Balaban J connectivity index is 2.73. The van der Waals surface area contributed by atoms with Gasteiger partial charge in [0, 0.05) is 22.7 Å². The summed E-state index contributed by atoms with van der Waals surface area (Å²) in [4.78, 5) is 0. The molecule has 0 saturated carbocycles. The van der Waals surface area contributed by atoms with Gasteiger partial charge in [0.05, 0.1) is 0 Å². The summed E-state index contributed by atoms with van der Waals surface area (Å²) in [5.74, 6) is -0.0866. The van der Waals surface area contributed by atoms with Crippen molar-refractivity contribution in [2.45, 2.75) is 6.42 Å². The van der Waals surface area contributed by atoms with Crippen molar-refractivity contribution < 1.29 is 0 Å². The first kappa shape index (κ1) is 11.8. The third kappa shape index (κ3) is 3.77. The van der Waals surface area contributed by atoms with Crippen molar-refractivity contribution in [3.8, 4) is 0 Å². The standard InChI is InChI=1S/C9H10Cl2N4/c10-7-2-1-3-8(11)6(7)4-5-14-15-9(12)13/h1-3,5H,4H2,(H4,12,13,15). The molecule has 0 saturated heterocycles. The van der Waals surface area contributed by atoms with Gasteiger partial charge in [-0.3, -0.25) is 0 Å². The van der Waals surface area contributed by atoms with Crippen LogP contribution in [0.15, 0.2) is 28.4 Å². The molecule has 0 radical (unpaired) electrons. The van der Waals surface area contributed by atoms with E-state index in [1.54, 1.807) is 18.2 Å². The molecule has 0 aromatic heterocycles. The van der Waals surface area contributed by atoms with E-state index in [0.717, 1.165) is 5.56 Å². The predicted molar refractivity (Wildman–Crippen MR) is 64.5 cm³/mol. The third-order valence-electron chi connectivity index (χ3n) is 1.61. The molecule has 0 aliphatic rings. The van der Waals surface area contributed by atoms with Gasteiger partial charge in [0.25, 0.3) is 0 Å². The summed E-state index contributed by atoms with van der Waals surface area (Å²) in [5, 5.41) is 8.29. The van der Waals surface area contributed by atoms with Crippen LogP contribution in [0.2, 0.25) is 10.0 Å². The lowest BCUT2D eigenvalue weighted by atomic mass is 10.2. The first-order chi connectivity index (χ1) is 7.11. The van der Waals surface area contributed by atoms with Crippen LogP contribution in [0.3, 0.4) is 0 Å². The summed E-state index contributed by atoms with van der Waals surface area (Å²) in [7, 11) is 0. The van der Waals surface area contributed by atoms with E-state index in [-0.39, 0.29) is 5.96 Å². The molecule has 1 aromatic rings. The summed E-state index contributed by atoms with van der Waals surface area (Å²) in [5.41, 5.74) is 11.0. The fraction of sp³-hybridized carbons (Fsp3) is 0.111. The van der Waals surface area contributed by atoms with Crippen molar-refractivity contribution in [2.75, 3.05) is 0 Å². The van der Waals surface area contributed by atoms with Crippen LogP contribution in [0.25, 0.3) is 0 Å². The van der Waals surface area contributed by atoms with Gasteiger partial charge in [-0.05, 0) is 17.7 Å². The second-order valence-corrected chi connectivity index (χ2v) is 3.54. The van der Waals surface area contributed by atoms with Gasteiger partial charge in [0.15, 0.2) is 0 Å². The predicted octanol–water partition coefficient (Wildman–Crippen LogP) is 1.80. The lowest BCUT2D eigenvalue weighted by Gasteiger charge is -2.01. The molecule has 80 valence electrons. The largest absolute Gasteiger partial charge is 0.369 e. The summed E-state index contributed by atoms with van der Waals surface area (Å²) in [6, 6.07) is 5.30. The molecule has 15 heavy (non-hydrogen) atoms. The molecule has 0 bridgehead atoms. The van der Waals surface area contributed by atoms with E-state index in [2.05, 4.69) is 10.2 Å². The number of hydrogen-bond donors (Lipinski definition) is 2. The van der Waals surface area contributed by atoms with E-state index >= 15 is 0 Å². The number of halogens is 2. The third-order valence-corrected chi connectivity index (χ3v) is 2.32. The minimum Gasteiger partial charge on any atom is -0.369 e. The average Bonchev–Trinajstić information content (AvgIpc) is 2.15. The molecular formula is C9H10Cl2N4. The highest BCUT2D eigenvalue weighted by molar-refractivity contribution is 6.36. The van der Waals surface area contributed by atoms with E-state index in [1.807, 2.05) is 0 Å². The van der Waals surface area contributed by atoms with Crippen molar-refractivity contribution in [3.63, 3.8) is 0 Å². The first-order valence-corrected chi connectivity index (χ1v) is 4.90. The molecule has 0 unspecified atom stereocenters. The summed E-state index contributed by atoms with van der Waals surface area (Å²) in [6.07, 6.45) is 2.02. The molecule has 6 heteroatoms. The smallest absolute Gasteiger partial charge is 0.211 e. The van der Waals surface area contributed by atoms with E-state index in [1.165, 1.54) is 6.21 Å². The first-order valence-electron chi connectivity index (χ1n) is 4.14. The van der Waals surface area contributed by atoms with Gasteiger partial charge < -0.3 is 11.5 Å². The Bertz CT molecular complexity index is 377. The monoisotopic (exact) mass is 244 g/mol. The van der Waals surface area contributed by atoms with Crippen molar-refractivity contribution in [3.05, 3.63) is 33.8 Å². The van der Waals surface area contributed by atoms with Crippen molar-refractivity contribution in [1.82, 2.24) is 0 Å². The van der Waals surface area contributed by atoms with E-state index in [9.17, 15) is 0 Å². The van der Waals surface area contributed by atoms with Crippen LogP contribution in [0, 0.1) is 0 Å². The Morgan fingerprint density at radius 1 is 1.27 bits per heavy atom. The van der Waals surface area contributed by atoms with Gasteiger partial charge in [0.1, 0.15) is 0 Å². The zero-order valence-electron chi connectivity index (χ0n) is 7.82. The Labute approximate surface area is 97.6 Å². The Morgan fingerprint density at radius 2 is 1.87 bits per heavy atom. The maximum absolute atomic E-state index is 5.94. The minimum atomic E-state index is -0.0866. The lowest BCUT2D eigenvalue weighted by molar-refractivity contribution is 1.19. The quantitative estimate of drug-likeness (QED) is 0.484. The summed E-state index contributed by atoms with van der Waals surface area (Å²) in [6.45, 7) is 0. The van der Waals surface area contributed by atoms with Gasteiger partial charge >= 0.3 is 0 Å². The second kappa shape index (κ2) is 5.58. The van der Waals surface area contributed by atoms with Gasteiger partial charge in [-0.25, -0.2) is 0 Å². The van der Waals surface area contributed by atoms with Crippen LogP contribution in [-0.4, -0.2) is 12.2 Å². The Hall–Kier alpha value is -1.26. The molecule has 4 nitrogen and oxygen atoms in total. The van der Waals surface area contributed by atoms with E-state index in [4.69, 9.17) is 34.7 Å². The van der Waals surface area contributed by atoms with Crippen LogP contribution >= 0.6 is 23.2 Å². The summed E-state index contributed by atoms with van der Waals surface area (Å²) < 4.78 is 0. The topological polar surface area (TPSA) is 76.8 Å². The zero-order valence-corrected chi connectivity index (χ0v) is 9.33. The Kier molecular flexibility index (Phi) is 4.39. The van der Waals surface area contributed by atoms with Crippen molar-refractivity contribution >= 4 is 35.4 Å². The number of guanidine groups is 1. The molecule has 4 N–H and O–H groups in total. The number of hydrogen-bond acceptors (Lipinski definition) is 2. The fourth-order valence-corrected chi connectivity index (χ4v) is 1.52. The van der Waals surface area contributed by atoms with Crippen LogP contribution in [-0.2, 0) is 6.42 Å². The number of nitrogens with two attached hydrogens (primary N) is 2. The maximum atomic E-state index is 5.94. The van der Waals surface area contributed by atoms with Gasteiger partial charge in [0.2, 0.25) is 5.96 Å². The molecule has 0 atom stereocenters. The normalized spacial score (nSPS) is 10.5. The van der Waals surface area contributed by atoms with Gasteiger partial charge in [-0.2, -0.15) is 5.10 Å². The molecule has 0 heterocycles. The lowest BCUT2D eigenvalue weighted by Crippen LogP contribution is -2.21. The van der Waals surface area contributed by atoms with Crippen LogP contribution in [0.4, 0.5) is 0 Å². The maximum Gasteiger partial charge on any atom is 0.211 e. The number of benzene rings is 1. The molecule has 0 fully saturated rings. The SMILES string of the molecule is NC(N)=NN=CCc1c(Cl)cccc1Cl. The highest BCUT2D eigenvalue weighted by Crippen LogP contribution is 2.23. The second-order valence-electron chi connectivity index (χ2n) is 2.73. The van der Waals surface area contributed by atoms with Crippen LogP contribution in [0.1, 0.15) is 5.56 Å². The van der Waals surface area contributed by atoms with Crippen molar-refractivity contribution in [1.29, 1.82) is 0 Å². The van der Waals surface area contributed by atoms with Gasteiger partial charge in [-0.1, -0.05) is 29.3 Å². The van der Waals surface area contributed by atoms with E-state index < -0.39 is 0 Å². The molecule has 0 amide bonds. The summed E-state index contributed by atoms with van der Waals surface area (Å²) >= 11 is 11.9. The fourth-order valence-electron chi connectivity index (χ4n) is 0.967. The highest BCUT2D eigenvalue weighted by Gasteiger charge is 2.02. The number of rotatable bonds is 3. The zero-order chi connectivity index (χ0) is 11.3. The van der Waals surface area contributed by atoms with Gasteiger partial charge in [-0.15, -0.1) is 5.10 Å². The molecule has 0 spiro atoms. The highest BCUT2D eigenvalue weighted by atomic mass is 35.5. The molecule has 0 aliphatic heterocycles.